The van der Waals surface area contributed by atoms with Gasteiger partial charge < -0.3 is 5.11 Å². The first-order valence-corrected chi connectivity index (χ1v) is 4.83. The van der Waals surface area contributed by atoms with E-state index in [0.29, 0.717) is 11.1 Å². The minimum Gasteiger partial charge on any atom is -0.393 e. The summed E-state index contributed by atoms with van der Waals surface area (Å²) >= 11 is 0. The minimum absolute atomic E-state index is 0.0236. The van der Waals surface area contributed by atoms with E-state index in [2.05, 4.69) is 0 Å². The van der Waals surface area contributed by atoms with Crippen molar-refractivity contribution in [2.75, 3.05) is 0 Å². The summed E-state index contributed by atoms with van der Waals surface area (Å²) in [7, 11) is 0. The van der Waals surface area contributed by atoms with Crippen LogP contribution in [-0.4, -0.2) is 22.8 Å². The summed E-state index contributed by atoms with van der Waals surface area (Å²) in [5.74, 6) is -0.135. The molecule has 0 fully saturated rings. The number of Topliss-reactive ketones (excluding diaryl/α,β-unsaturated/α-hetero) is 2. The van der Waals surface area contributed by atoms with Crippen LogP contribution in [0.1, 0.15) is 41.0 Å². The van der Waals surface area contributed by atoms with Crippen LogP contribution in [0.25, 0.3) is 0 Å². The summed E-state index contributed by atoms with van der Waals surface area (Å²) in [6, 6.07) is 6.47. The Bertz CT molecular complexity index is 363. The third-order valence-corrected chi connectivity index (χ3v) is 2.09. The molecule has 1 aromatic carbocycles. The Morgan fingerprint density at radius 2 is 1.67 bits per heavy atom. The summed E-state index contributed by atoms with van der Waals surface area (Å²) in [5, 5.41) is 9.05. The van der Waals surface area contributed by atoms with Gasteiger partial charge in [-0.1, -0.05) is 24.3 Å². The van der Waals surface area contributed by atoms with Crippen molar-refractivity contribution in [2.45, 2.75) is 26.4 Å². The van der Waals surface area contributed by atoms with Crippen LogP contribution in [-0.2, 0) is 0 Å². The zero-order valence-electron chi connectivity index (χ0n) is 8.86. The molecule has 0 aromatic heterocycles. The smallest absolute Gasteiger partial charge is 0.165 e. The van der Waals surface area contributed by atoms with Gasteiger partial charge in [-0.2, -0.15) is 0 Å². The first-order chi connectivity index (χ1) is 7.00. The number of aliphatic hydroxyl groups excluding tert-OH is 1. The Kier molecular flexibility index (Phi) is 3.74. The third-order valence-electron chi connectivity index (χ3n) is 2.09. The Labute approximate surface area is 88.7 Å². The predicted octanol–water partition coefficient (Wildman–Crippen LogP) is 1.84. The van der Waals surface area contributed by atoms with Crippen molar-refractivity contribution in [1.82, 2.24) is 0 Å². The maximum Gasteiger partial charge on any atom is 0.165 e. The summed E-state index contributed by atoms with van der Waals surface area (Å²) in [6.45, 7) is 3.05. The molecule has 0 aliphatic heterocycles. The van der Waals surface area contributed by atoms with E-state index in [1.54, 1.807) is 31.2 Å². The highest BCUT2D eigenvalue weighted by Crippen LogP contribution is 2.08. The highest BCUT2D eigenvalue weighted by Gasteiger charge is 2.09. The van der Waals surface area contributed by atoms with Crippen molar-refractivity contribution in [3.63, 3.8) is 0 Å². The standard InChI is InChI=1S/C12H14O3/c1-8(13)7-12(15)11-5-3-10(4-6-11)9(2)14/h3-6,8,13H,7H2,1-2H3. The van der Waals surface area contributed by atoms with E-state index in [-0.39, 0.29) is 18.0 Å². The number of benzene rings is 1. The van der Waals surface area contributed by atoms with E-state index in [0.717, 1.165) is 0 Å². The molecule has 0 amide bonds. The van der Waals surface area contributed by atoms with Crippen LogP contribution in [0.15, 0.2) is 24.3 Å². The van der Waals surface area contributed by atoms with Crippen LogP contribution in [0, 0.1) is 0 Å². The Morgan fingerprint density at radius 3 is 2.07 bits per heavy atom. The number of carbonyl (C=O) groups is 2. The van der Waals surface area contributed by atoms with Crippen molar-refractivity contribution in [1.29, 1.82) is 0 Å². The molecule has 0 bridgehead atoms. The summed E-state index contributed by atoms with van der Waals surface area (Å²) in [6.07, 6.45) is -0.524. The maximum absolute atomic E-state index is 11.5. The molecule has 0 spiro atoms. The van der Waals surface area contributed by atoms with Gasteiger partial charge in [0.15, 0.2) is 11.6 Å². The molecule has 1 rings (SSSR count). The number of hydrogen-bond donors (Lipinski definition) is 1. The van der Waals surface area contributed by atoms with Gasteiger partial charge in [0.25, 0.3) is 0 Å². The lowest BCUT2D eigenvalue weighted by Gasteiger charge is -2.03. The molecule has 0 radical (unpaired) electrons. The van der Waals surface area contributed by atoms with Gasteiger partial charge >= 0.3 is 0 Å². The van der Waals surface area contributed by atoms with Crippen LogP contribution >= 0.6 is 0 Å². The number of ketones is 2. The second kappa shape index (κ2) is 4.84. The van der Waals surface area contributed by atoms with Gasteiger partial charge in [-0.25, -0.2) is 0 Å². The van der Waals surface area contributed by atoms with Gasteiger partial charge in [-0.15, -0.1) is 0 Å². The molecule has 80 valence electrons. The van der Waals surface area contributed by atoms with Crippen LogP contribution in [0.5, 0.6) is 0 Å². The molecular formula is C12H14O3. The van der Waals surface area contributed by atoms with Gasteiger partial charge in [0.05, 0.1) is 6.10 Å². The average molecular weight is 206 g/mol. The number of rotatable bonds is 4. The second-order valence-corrected chi connectivity index (χ2v) is 3.61. The largest absolute Gasteiger partial charge is 0.393 e. The molecule has 1 atom stereocenters. The zero-order chi connectivity index (χ0) is 11.4. The molecule has 0 saturated heterocycles. The molecule has 0 heterocycles. The van der Waals surface area contributed by atoms with E-state index in [1.165, 1.54) is 6.92 Å². The fourth-order valence-corrected chi connectivity index (χ4v) is 1.28. The van der Waals surface area contributed by atoms with Crippen molar-refractivity contribution >= 4 is 11.6 Å². The lowest BCUT2D eigenvalue weighted by molar-refractivity contribution is 0.0900. The highest BCUT2D eigenvalue weighted by molar-refractivity contribution is 5.98. The van der Waals surface area contributed by atoms with Crippen LogP contribution < -0.4 is 0 Å². The Hall–Kier alpha value is -1.48. The first kappa shape index (κ1) is 11.6. The summed E-state index contributed by atoms with van der Waals surface area (Å²) in [4.78, 5) is 22.5. The molecule has 3 nitrogen and oxygen atoms in total. The quantitative estimate of drug-likeness (QED) is 0.765. The first-order valence-electron chi connectivity index (χ1n) is 4.83. The number of aliphatic hydroxyl groups is 1. The molecule has 1 aromatic rings. The van der Waals surface area contributed by atoms with Gasteiger partial charge in [0.1, 0.15) is 0 Å². The van der Waals surface area contributed by atoms with Crippen LogP contribution in [0.4, 0.5) is 0 Å². The molecular weight excluding hydrogens is 192 g/mol. The van der Waals surface area contributed by atoms with Crippen LogP contribution in [0.2, 0.25) is 0 Å². The van der Waals surface area contributed by atoms with Gasteiger partial charge in [-0.05, 0) is 13.8 Å². The monoisotopic (exact) mass is 206 g/mol. The normalized spacial score (nSPS) is 12.2. The SMILES string of the molecule is CC(=O)c1ccc(C(=O)CC(C)O)cc1. The van der Waals surface area contributed by atoms with E-state index < -0.39 is 6.10 Å². The number of carbonyl (C=O) groups excluding carboxylic acids is 2. The molecule has 1 N–H and O–H groups in total. The van der Waals surface area contributed by atoms with Gasteiger partial charge in [0, 0.05) is 17.5 Å². The minimum atomic E-state index is -0.634. The average Bonchev–Trinajstić information content (AvgIpc) is 2.17. The van der Waals surface area contributed by atoms with Crippen molar-refractivity contribution in [3.05, 3.63) is 35.4 Å². The molecule has 0 aliphatic rings. The highest BCUT2D eigenvalue weighted by atomic mass is 16.3. The molecule has 3 heteroatoms. The van der Waals surface area contributed by atoms with E-state index in [9.17, 15) is 9.59 Å². The van der Waals surface area contributed by atoms with Crippen molar-refractivity contribution in [3.8, 4) is 0 Å². The van der Waals surface area contributed by atoms with E-state index >= 15 is 0 Å². The second-order valence-electron chi connectivity index (χ2n) is 3.61. The molecule has 15 heavy (non-hydrogen) atoms. The van der Waals surface area contributed by atoms with Crippen molar-refractivity contribution < 1.29 is 14.7 Å². The zero-order valence-corrected chi connectivity index (χ0v) is 8.86. The lowest BCUT2D eigenvalue weighted by Crippen LogP contribution is -2.09. The lowest BCUT2D eigenvalue weighted by atomic mass is 10.0. The van der Waals surface area contributed by atoms with E-state index in [1.807, 2.05) is 0 Å². The summed E-state index contributed by atoms with van der Waals surface area (Å²) in [5.41, 5.74) is 1.12. The fourth-order valence-electron chi connectivity index (χ4n) is 1.28. The Morgan fingerprint density at radius 1 is 1.20 bits per heavy atom. The van der Waals surface area contributed by atoms with Crippen LogP contribution in [0.3, 0.4) is 0 Å². The number of hydrogen-bond acceptors (Lipinski definition) is 3. The van der Waals surface area contributed by atoms with Crippen molar-refractivity contribution in [2.24, 2.45) is 0 Å². The molecule has 0 saturated carbocycles. The third kappa shape index (κ3) is 3.29. The summed E-state index contributed by atoms with van der Waals surface area (Å²) < 4.78 is 0. The maximum atomic E-state index is 11.5. The fraction of sp³-hybridized carbons (Fsp3) is 0.333. The molecule has 1 unspecified atom stereocenters. The van der Waals surface area contributed by atoms with Gasteiger partial charge in [-0.3, -0.25) is 9.59 Å². The topological polar surface area (TPSA) is 54.4 Å². The Balaban J connectivity index is 2.80. The molecule has 0 aliphatic carbocycles. The van der Waals surface area contributed by atoms with E-state index in [4.69, 9.17) is 5.11 Å². The van der Waals surface area contributed by atoms with Gasteiger partial charge in [0.2, 0.25) is 0 Å². The predicted molar refractivity (Wildman–Crippen MR) is 57.1 cm³/mol.